The van der Waals surface area contributed by atoms with Crippen molar-refractivity contribution in [2.24, 2.45) is 11.8 Å². The normalized spacial score (nSPS) is 14.7. The van der Waals surface area contributed by atoms with E-state index in [1.165, 1.54) is 27.7 Å². The van der Waals surface area contributed by atoms with E-state index in [1.54, 1.807) is 24.3 Å². The van der Waals surface area contributed by atoms with E-state index in [0.717, 1.165) is 5.56 Å². The van der Waals surface area contributed by atoms with Gasteiger partial charge in [0.05, 0.1) is 24.5 Å². The molecule has 0 radical (unpaired) electrons. The molecule has 0 aliphatic carbocycles. The van der Waals surface area contributed by atoms with Crippen molar-refractivity contribution in [2.75, 3.05) is 6.61 Å². The van der Waals surface area contributed by atoms with E-state index in [9.17, 15) is 28.0 Å². The molecule has 1 aromatic rings. The van der Waals surface area contributed by atoms with Gasteiger partial charge in [0.2, 0.25) is 12.3 Å². The maximum absolute atomic E-state index is 13.4. The van der Waals surface area contributed by atoms with Crippen LogP contribution in [-0.2, 0) is 30.5 Å². The average molecular weight is 442 g/mol. The van der Waals surface area contributed by atoms with Gasteiger partial charge in [-0.15, -0.1) is 0 Å². The van der Waals surface area contributed by atoms with E-state index in [0.29, 0.717) is 0 Å². The summed E-state index contributed by atoms with van der Waals surface area (Å²) in [5, 5.41) is 4.57. The number of Topliss-reactive ketones (excluding diaryl/α,β-unsaturated/α-hetero) is 1. The van der Waals surface area contributed by atoms with Crippen LogP contribution in [0.4, 0.5) is 13.6 Å². The first-order chi connectivity index (χ1) is 14.6. The zero-order valence-corrected chi connectivity index (χ0v) is 17.9. The Hall–Kier alpha value is -3.04. The maximum atomic E-state index is 13.4. The number of alkyl carbamates (subject to hydrolysis) is 1. The number of nitrogens with one attached hydrogen (secondary N) is 2. The Kier molecular flexibility index (Phi) is 10.6. The number of esters is 1. The molecule has 4 unspecified atom stereocenters. The number of ether oxygens (including phenoxy) is 2. The Balaban J connectivity index is 2.61. The molecule has 0 saturated heterocycles. The van der Waals surface area contributed by atoms with Crippen LogP contribution in [0.15, 0.2) is 30.3 Å². The number of alkyl halides is 2. The highest BCUT2D eigenvalue weighted by atomic mass is 19.3. The first-order valence-corrected chi connectivity index (χ1v) is 9.84. The fourth-order valence-electron chi connectivity index (χ4n) is 2.71. The summed E-state index contributed by atoms with van der Waals surface area (Å²) >= 11 is 0. The molecule has 0 heterocycles. The number of halogens is 2. The van der Waals surface area contributed by atoms with Crippen molar-refractivity contribution in [1.29, 1.82) is 0 Å². The third-order valence-electron chi connectivity index (χ3n) is 4.52. The van der Waals surface area contributed by atoms with Gasteiger partial charge in [-0.1, -0.05) is 37.3 Å². The van der Waals surface area contributed by atoms with E-state index in [1.807, 2.05) is 6.07 Å². The van der Waals surface area contributed by atoms with Crippen molar-refractivity contribution in [3.8, 4) is 0 Å². The highest BCUT2D eigenvalue weighted by Crippen LogP contribution is 2.23. The van der Waals surface area contributed by atoms with Gasteiger partial charge in [0.1, 0.15) is 12.6 Å². The molecule has 10 heteroatoms. The second kappa shape index (κ2) is 12.6. The van der Waals surface area contributed by atoms with E-state index < -0.39 is 54.1 Å². The van der Waals surface area contributed by atoms with Gasteiger partial charge in [-0.05, 0) is 26.3 Å². The largest absolute Gasteiger partial charge is 0.466 e. The minimum absolute atomic E-state index is 0.00226. The number of hydrogen-bond acceptors (Lipinski definition) is 6. The summed E-state index contributed by atoms with van der Waals surface area (Å²) in [7, 11) is 0. The number of benzene rings is 1. The van der Waals surface area contributed by atoms with Gasteiger partial charge >= 0.3 is 12.1 Å². The third kappa shape index (κ3) is 8.31. The van der Waals surface area contributed by atoms with Gasteiger partial charge in [0.25, 0.3) is 0 Å². The minimum Gasteiger partial charge on any atom is -0.466 e. The molecular formula is C21H28F2N2O6. The molecule has 2 N–H and O–H groups in total. The smallest absolute Gasteiger partial charge is 0.408 e. The molecule has 2 amide bonds. The van der Waals surface area contributed by atoms with Crippen LogP contribution in [0.2, 0.25) is 0 Å². The Morgan fingerprint density at radius 1 is 0.935 bits per heavy atom. The van der Waals surface area contributed by atoms with Gasteiger partial charge in [-0.3, -0.25) is 14.4 Å². The second-order valence-electron chi connectivity index (χ2n) is 6.96. The highest BCUT2D eigenvalue weighted by Gasteiger charge is 2.40. The monoisotopic (exact) mass is 442 g/mol. The van der Waals surface area contributed by atoms with Crippen molar-refractivity contribution in [3.05, 3.63) is 35.9 Å². The molecule has 31 heavy (non-hydrogen) atoms. The minimum atomic E-state index is -3.12. The van der Waals surface area contributed by atoms with Crippen LogP contribution >= 0.6 is 0 Å². The zero-order valence-electron chi connectivity index (χ0n) is 17.9. The summed E-state index contributed by atoms with van der Waals surface area (Å²) in [5.41, 5.74) is 0.753. The lowest BCUT2D eigenvalue weighted by molar-refractivity contribution is -0.155. The molecule has 8 nitrogen and oxygen atoms in total. The van der Waals surface area contributed by atoms with Gasteiger partial charge in [-0.2, -0.15) is 0 Å². The maximum Gasteiger partial charge on any atom is 0.408 e. The predicted octanol–water partition coefficient (Wildman–Crippen LogP) is 2.46. The first kappa shape index (κ1) is 26.0. The number of carbonyl (C=O) groups is 4. The number of hydrogen-bond donors (Lipinski definition) is 2. The van der Waals surface area contributed by atoms with Gasteiger partial charge in [0.15, 0.2) is 5.78 Å². The molecule has 172 valence electrons. The number of rotatable bonds is 11. The van der Waals surface area contributed by atoms with Crippen LogP contribution in [-0.4, -0.2) is 48.9 Å². The number of ketones is 1. The zero-order chi connectivity index (χ0) is 23.6. The summed E-state index contributed by atoms with van der Waals surface area (Å²) < 4.78 is 36.6. The van der Waals surface area contributed by atoms with Crippen LogP contribution in [0.1, 0.15) is 33.3 Å². The first-order valence-electron chi connectivity index (χ1n) is 9.84. The van der Waals surface area contributed by atoms with Crippen LogP contribution in [0.3, 0.4) is 0 Å². The topological polar surface area (TPSA) is 111 Å². The molecule has 0 spiro atoms. The van der Waals surface area contributed by atoms with Gasteiger partial charge < -0.3 is 20.1 Å². The summed E-state index contributed by atoms with van der Waals surface area (Å²) in [6.07, 6.45) is -3.97. The Morgan fingerprint density at radius 2 is 1.55 bits per heavy atom. The lowest BCUT2D eigenvalue weighted by atomic mass is 9.87. The van der Waals surface area contributed by atoms with Crippen molar-refractivity contribution in [1.82, 2.24) is 10.6 Å². The van der Waals surface area contributed by atoms with Crippen molar-refractivity contribution in [3.63, 3.8) is 0 Å². The highest BCUT2D eigenvalue weighted by molar-refractivity contribution is 5.94. The van der Waals surface area contributed by atoms with E-state index in [-0.39, 0.29) is 13.2 Å². The van der Waals surface area contributed by atoms with E-state index in [4.69, 9.17) is 9.47 Å². The Morgan fingerprint density at radius 3 is 2.10 bits per heavy atom. The van der Waals surface area contributed by atoms with Crippen LogP contribution in [0.5, 0.6) is 0 Å². The van der Waals surface area contributed by atoms with Crippen molar-refractivity contribution in [2.45, 2.75) is 52.8 Å². The number of amides is 2. The van der Waals surface area contributed by atoms with Gasteiger partial charge in [0, 0.05) is 0 Å². The van der Waals surface area contributed by atoms with Crippen molar-refractivity contribution < 1.29 is 37.4 Å². The molecule has 0 aliphatic heterocycles. The molecule has 1 aromatic carbocycles. The molecular weight excluding hydrogens is 414 g/mol. The summed E-state index contributed by atoms with van der Waals surface area (Å²) in [5.74, 6) is -6.02. The molecule has 0 aliphatic rings. The molecule has 1 rings (SSSR count). The van der Waals surface area contributed by atoms with E-state index in [2.05, 4.69) is 10.6 Å². The lowest BCUT2D eigenvalue weighted by Crippen LogP contribution is -2.52. The standard InChI is InChI=1S/C21H28F2N2O6/c1-5-30-20(28)12(2)16(18(22)23)17(26)13(3)24-19(27)14(4)25-21(29)31-11-15-9-7-6-8-10-15/h6-10,12-14,16,18H,5,11H2,1-4H3,(H,24,27)(H,25,29). The summed E-state index contributed by atoms with van der Waals surface area (Å²) in [6.45, 7) is 5.26. The van der Waals surface area contributed by atoms with Crippen LogP contribution in [0, 0.1) is 11.8 Å². The molecule has 0 saturated carbocycles. The second-order valence-corrected chi connectivity index (χ2v) is 6.96. The third-order valence-corrected chi connectivity index (χ3v) is 4.52. The lowest BCUT2D eigenvalue weighted by Gasteiger charge is -2.25. The molecule has 0 bridgehead atoms. The summed E-state index contributed by atoms with van der Waals surface area (Å²) in [4.78, 5) is 48.3. The summed E-state index contributed by atoms with van der Waals surface area (Å²) in [6, 6.07) is 6.48. The Bertz CT molecular complexity index is 759. The SMILES string of the molecule is CCOC(=O)C(C)C(C(=O)C(C)NC(=O)C(C)NC(=O)OCc1ccccc1)C(F)F. The fourth-order valence-corrected chi connectivity index (χ4v) is 2.71. The van der Waals surface area contributed by atoms with Crippen molar-refractivity contribution >= 4 is 23.8 Å². The molecule has 0 aromatic heterocycles. The quantitative estimate of drug-likeness (QED) is 0.510. The van der Waals surface area contributed by atoms with Crippen LogP contribution < -0.4 is 10.6 Å². The molecule has 0 fully saturated rings. The number of carbonyl (C=O) groups excluding carboxylic acids is 4. The molecule has 4 atom stereocenters. The van der Waals surface area contributed by atoms with E-state index >= 15 is 0 Å². The van der Waals surface area contributed by atoms with Gasteiger partial charge in [-0.25, -0.2) is 13.6 Å². The average Bonchev–Trinajstić information content (AvgIpc) is 2.72. The predicted molar refractivity (Wildman–Crippen MR) is 107 cm³/mol. The van der Waals surface area contributed by atoms with Crippen LogP contribution in [0.25, 0.3) is 0 Å². The Labute approximate surface area is 179 Å². The fraction of sp³-hybridized carbons (Fsp3) is 0.524.